The number of hydrogen-bond donors (Lipinski definition) is 0. The number of ether oxygens (including phenoxy) is 1. The lowest BCUT2D eigenvalue weighted by Gasteiger charge is -2.26. The summed E-state index contributed by atoms with van der Waals surface area (Å²) in [5.41, 5.74) is -0.309. The molecule has 0 saturated heterocycles. The Hall–Kier alpha value is -0.530. The summed E-state index contributed by atoms with van der Waals surface area (Å²) < 4.78 is 5.74. The standard InChI is InChI=1S/C14H24O2/c1-4-14(2,3)13(15)16-12-9-8-10-6-5-7-11(10)12/h10-12H,4-9H2,1-3H3. The van der Waals surface area contributed by atoms with Gasteiger partial charge >= 0.3 is 5.97 Å². The van der Waals surface area contributed by atoms with Gasteiger partial charge in [-0.2, -0.15) is 0 Å². The minimum Gasteiger partial charge on any atom is -0.462 e. The monoisotopic (exact) mass is 224 g/mol. The van der Waals surface area contributed by atoms with E-state index in [4.69, 9.17) is 4.74 Å². The SMILES string of the molecule is CCC(C)(C)C(=O)OC1CCC2CCCC21. The van der Waals surface area contributed by atoms with Crippen molar-refractivity contribution in [2.45, 2.75) is 65.4 Å². The molecule has 3 unspecified atom stereocenters. The zero-order chi connectivity index (χ0) is 11.8. The van der Waals surface area contributed by atoms with Crippen LogP contribution in [0, 0.1) is 17.3 Å². The Balaban J connectivity index is 1.93. The van der Waals surface area contributed by atoms with Gasteiger partial charge in [-0.15, -0.1) is 0 Å². The molecular weight excluding hydrogens is 200 g/mol. The van der Waals surface area contributed by atoms with Crippen molar-refractivity contribution < 1.29 is 9.53 Å². The molecule has 0 aromatic rings. The first-order chi connectivity index (χ1) is 7.54. The Morgan fingerprint density at radius 3 is 2.69 bits per heavy atom. The molecule has 92 valence electrons. The summed E-state index contributed by atoms with van der Waals surface area (Å²) in [4.78, 5) is 12.0. The van der Waals surface area contributed by atoms with Gasteiger partial charge < -0.3 is 4.74 Å². The summed E-state index contributed by atoms with van der Waals surface area (Å²) in [6.45, 7) is 6.01. The van der Waals surface area contributed by atoms with Crippen molar-refractivity contribution in [1.82, 2.24) is 0 Å². The molecule has 0 spiro atoms. The molecule has 2 fully saturated rings. The Morgan fingerprint density at radius 2 is 2.00 bits per heavy atom. The lowest BCUT2D eigenvalue weighted by molar-refractivity contribution is -0.161. The molecule has 2 heteroatoms. The minimum atomic E-state index is -0.309. The van der Waals surface area contributed by atoms with Gasteiger partial charge in [-0.25, -0.2) is 0 Å². The van der Waals surface area contributed by atoms with E-state index in [-0.39, 0.29) is 17.5 Å². The fourth-order valence-electron chi connectivity index (χ4n) is 3.09. The van der Waals surface area contributed by atoms with E-state index in [1.54, 1.807) is 0 Å². The van der Waals surface area contributed by atoms with E-state index in [1.807, 2.05) is 20.8 Å². The molecule has 0 amide bonds. The second-order valence-corrected chi connectivity index (χ2v) is 6.11. The van der Waals surface area contributed by atoms with Crippen LogP contribution in [0.15, 0.2) is 0 Å². The molecule has 2 aliphatic rings. The van der Waals surface area contributed by atoms with Gasteiger partial charge in [0.25, 0.3) is 0 Å². The Morgan fingerprint density at radius 1 is 1.25 bits per heavy atom. The Bertz CT molecular complexity index is 270. The normalized spacial score (nSPS) is 33.8. The molecule has 2 saturated carbocycles. The van der Waals surface area contributed by atoms with Crippen LogP contribution in [0.25, 0.3) is 0 Å². The largest absolute Gasteiger partial charge is 0.462 e. The fraction of sp³-hybridized carbons (Fsp3) is 0.929. The van der Waals surface area contributed by atoms with E-state index in [0.29, 0.717) is 5.92 Å². The van der Waals surface area contributed by atoms with Gasteiger partial charge in [-0.3, -0.25) is 4.79 Å². The zero-order valence-corrected chi connectivity index (χ0v) is 10.8. The van der Waals surface area contributed by atoms with Gasteiger partial charge in [0.15, 0.2) is 0 Å². The van der Waals surface area contributed by atoms with Crippen molar-refractivity contribution in [2.24, 2.45) is 17.3 Å². The summed E-state index contributed by atoms with van der Waals surface area (Å²) in [5.74, 6) is 1.53. The average Bonchev–Trinajstić information content (AvgIpc) is 2.82. The van der Waals surface area contributed by atoms with Gasteiger partial charge in [0.05, 0.1) is 5.41 Å². The molecule has 2 rings (SSSR count). The van der Waals surface area contributed by atoms with Crippen LogP contribution in [-0.2, 0) is 9.53 Å². The van der Waals surface area contributed by atoms with E-state index < -0.39 is 0 Å². The van der Waals surface area contributed by atoms with E-state index in [2.05, 4.69) is 0 Å². The minimum absolute atomic E-state index is 0.00699. The van der Waals surface area contributed by atoms with Crippen molar-refractivity contribution in [3.05, 3.63) is 0 Å². The van der Waals surface area contributed by atoms with Gasteiger partial charge in [0, 0.05) is 0 Å². The number of rotatable bonds is 3. The smallest absolute Gasteiger partial charge is 0.311 e. The van der Waals surface area contributed by atoms with Crippen LogP contribution >= 0.6 is 0 Å². The molecule has 3 atom stereocenters. The predicted octanol–water partition coefficient (Wildman–Crippen LogP) is 3.54. The number of carbonyl (C=O) groups is 1. The first kappa shape index (κ1) is 11.9. The van der Waals surface area contributed by atoms with Crippen molar-refractivity contribution in [3.8, 4) is 0 Å². The average molecular weight is 224 g/mol. The van der Waals surface area contributed by atoms with Crippen LogP contribution in [0.3, 0.4) is 0 Å². The van der Waals surface area contributed by atoms with E-state index in [0.717, 1.165) is 18.8 Å². The Labute approximate surface area is 98.7 Å². The second kappa shape index (κ2) is 4.38. The van der Waals surface area contributed by atoms with Gasteiger partial charge in [-0.05, 0) is 51.4 Å². The van der Waals surface area contributed by atoms with Crippen LogP contribution in [0.1, 0.15) is 59.3 Å². The van der Waals surface area contributed by atoms with Gasteiger partial charge in [0.2, 0.25) is 0 Å². The fourth-order valence-corrected chi connectivity index (χ4v) is 3.09. The molecule has 0 bridgehead atoms. The molecule has 0 aromatic carbocycles. The zero-order valence-electron chi connectivity index (χ0n) is 10.8. The molecule has 2 aliphatic carbocycles. The highest BCUT2D eigenvalue weighted by Gasteiger charge is 2.42. The van der Waals surface area contributed by atoms with Crippen molar-refractivity contribution >= 4 is 5.97 Å². The van der Waals surface area contributed by atoms with Gasteiger partial charge in [0.1, 0.15) is 6.10 Å². The first-order valence-electron chi connectivity index (χ1n) is 6.75. The third-order valence-corrected chi connectivity index (χ3v) is 4.71. The molecule has 0 heterocycles. The maximum Gasteiger partial charge on any atom is 0.311 e. The molecule has 2 nitrogen and oxygen atoms in total. The molecule has 0 aromatic heterocycles. The lowest BCUT2D eigenvalue weighted by atomic mass is 9.90. The van der Waals surface area contributed by atoms with Crippen LogP contribution < -0.4 is 0 Å². The summed E-state index contributed by atoms with van der Waals surface area (Å²) in [5, 5.41) is 0. The number of fused-ring (bicyclic) bond motifs is 1. The highest BCUT2D eigenvalue weighted by Crippen LogP contribution is 2.45. The van der Waals surface area contributed by atoms with E-state index >= 15 is 0 Å². The maximum atomic E-state index is 12.0. The van der Waals surface area contributed by atoms with Crippen LogP contribution in [0.5, 0.6) is 0 Å². The topological polar surface area (TPSA) is 26.3 Å². The molecule has 0 aliphatic heterocycles. The maximum absolute atomic E-state index is 12.0. The summed E-state index contributed by atoms with van der Waals surface area (Å²) >= 11 is 0. The predicted molar refractivity (Wildman–Crippen MR) is 64.0 cm³/mol. The summed E-state index contributed by atoms with van der Waals surface area (Å²) in [7, 11) is 0. The van der Waals surface area contributed by atoms with E-state index in [1.165, 1.54) is 25.7 Å². The quantitative estimate of drug-likeness (QED) is 0.685. The molecule has 16 heavy (non-hydrogen) atoms. The second-order valence-electron chi connectivity index (χ2n) is 6.11. The van der Waals surface area contributed by atoms with Crippen molar-refractivity contribution in [1.29, 1.82) is 0 Å². The van der Waals surface area contributed by atoms with Gasteiger partial charge in [-0.1, -0.05) is 19.8 Å². The summed E-state index contributed by atoms with van der Waals surface area (Å²) in [6, 6.07) is 0. The number of hydrogen-bond acceptors (Lipinski definition) is 2. The van der Waals surface area contributed by atoms with Crippen molar-refractivity contribution in [2.75, 3.05) is 0 Å². The molecule has 0 N–H and O–H groups in total. The van der Waals surface area contributed by atoms with Crippen LogP contribution in [0.4, 0.5) is 0 Å². The first-order valence-corrected chi connectivity index (χ1v) is 6.75. The highest BCUT2D eigenvalue weighted by atomic mass is 16.5. The van der Waals surface area contributed by atoms with E-state index in [9.17, 15) is 4.79 Å². The molecular formula is C14H24O2. The molecule has 0 radical (unpaired) electrons. The highest BCUT2D eigenvalue weighted by molar-refractivity contribution is 5.76. The van der Waals surface area contributed by atoms with Crippen LogP contribution in [0.2, 0.25) is 0 Å². The number of esters is 1. The summed E-state index contributed by atoms with van der Waals surface area (Å²) in [6.07, 6.45) is 7.42. The van der Waals surface area contributed by atoms with Crippen LogP contribution in [-0.4, -0.2) is 12.1 Å². The third kappa shape index (κ3) is 2.11. The Kier molecular flexibility index (Phi) is 3.27. The third-order valence-electron chi connectivity index (χ3n) is 4.71. The lowest BCUT2D eigenvalue weighted by Crippen LogP contribution is -2.31. The number of carbonyl (C=O) groups excluding carboxylic acids is 1. The van der Waals surface area contributed by atoms with Crippen molar-refractivity contribution in [3.63, 3.8) is 0 Å².